The number of ketones is 1. The van der Waals surface area contributed by atoms with Crippen molar-refractivity contribution >= 4 is 18.1 Å². The first-order chi connectivity index (χ1) is 14.5. The zero-order valence-electron chi connectivity index (χ0n) is 17.7. The van der Waals surface area contributed by atoms with Gasteiger partial charge in [0.05, 0.1) is 18.0 Å². The fourth-order valence-electron chi connectivity index (χ4n) is 6.15. The van der Waals surface area contributed by atoms with E-state index in [1.165, 1.54) is 28.7 Å². The third-order valence-electron chi connectivity index (χ3n) is 7.68. The number of hydrogen-bond donors (Lipinski definition) is 2. The average molecular weight is 410 g/mol. The first kappa shape index (κ1) is 20.8. The van der Waals surface area contributed by atoms with Crippen LogP contribution in [0.3, 0.4) is 0 Å². The first-order valence-corrected chi connectivity index (χ1v) is 11.4. The van der Waals surface area contributed by atoms with Crippen LogP contribution in [0.5, 0.6) is 0 Å². The quantitative estimate of drug-likeness (QED) is 0.475. The normalized spacial score (nSPS) is 27.5. The number of allylic oxidation sites excluding steroid dienone is 4. The Bertz CT molecular complexity index is 816. The number of amides is 2. The number of carbonyl (C=O) groups excluding carboxylic acids is 3. The summed E-state index contributed by atoms with van der Waals surface area (Å²) in [5.74, 6) is 0.00527. The van der Waals surface area contributed by atoms with E-state index < -0.39 is 12.1 Å². The molecule has 160 valence electrons. The molecule has 6 heteroatoms. The van der Waals surface area contributed by atoms with Crippen molar-refractivity contribution in [2.45, 2.75) is 83.2 Å². The highest BCUT2D eigenvalue weighted by Gasteiger charge is 2.46. The van der Waals surface area contributed by atoms with E-state index in [0.29, 0.717) is 12.8 Å². The van der Waals surface area contributed by atoms with Gasteiger partial charge in [-0.2, -0.15) is 5.26 Å². The van der Waals surface area contributed by atoms with Gasteiger partial charge in [-0.25, -0.2) is 0 Å². The molecule has 3 saturated carbocycles. The number of nitrogens with one attached hydrogen (secondary N) is 2. The summed E-state index contributed by atoms with van der Waals surface area (Å²) in [7, 11) is 0. The van der Waals surface area contributed by atoms with Crippen molar-refractivity contribution in [2.75, 3.05) is 0 Å². The van der Waals surface area contributed by atoms with Crippen LogP contribution in [-0.2, 0) is 14.4 Å². The Labute approximate surface area is 178 Å². The second kappa shape index (κ2) is 8.75. The predicted octanol–water partition coefficient (Wildman–Crippen LogP) is 3.10. The summed E-state index contributed by atoms with van der Waals surface area (Å²) in [6.07, 6.45) is 10.3. The zero-order valence-corrected chi connectivity index (χ0v) is 17.7. The van der Waals surface area contributed by atoms with Crippen molar-refractivity contribution < 1.29 is 14.4 Å². The monoisotopic (exact) mass is 409 g/mol. The molecule has 2 N–H and O–H groups in total. The fraction of sp³-hybridized carbons (Fsp3) is 0.667. The predicted molar refractivity (Wildman–Crippen MR) is 112 cm³/mol. The van der Waals surface area contributed by atoms with Gasteiger partial charge in [0.1, 0.15) is 6.04 Å². The third kappa shape index (κ3) is 3.71. The molecule has 0 aromatic heterocycles. The summed E-state index contributed by atoms with van der Waals surface area (Å²) in [6.45, 7) is 1.54. The first-order valence-electron chi connectivity index (χ1n) is 11.4. The maximum Gasteiger partial charge on any atom is 0.243 e. The van der Waals surface area contributed by atoms with Gasteiger partial charge in [-0.1, -0.05) is 30.4 Å². The highest BCUT2D eigenvalue weighted by molar-refractivity contribution is 5.90. The lowest BCUT2D eigenvalue weighted by atomic mass is 9.56. The molecule has 0 saturated heterocycles. The van der Waals surface area contributed by atoms with Crippen molar-refractivity contribution in [3.63, 3.8) is 0 Å². The molecule has 2 atom stereocenters. The molecule has 4 bridgehead atoms. The number of rotatable bonds is 8. The number of hydrogen-bond acceptors (Lipinski definition) is 4. The van der Waals surface area contributed by atoms with Gasteiger partial charge in [0.15, 0.2) is 5.78 Å². The molecule has 0 spiro atoms. The maximum atomic E-state index is 13.1. The van der Waals surface area contributed by atoms with Crippen LogP contribution in [-0.4, -0.2) is 30.2 Å². The summed E-state index contributed by atoms with van der Waals surface area (Å²) < 4.78 is 0. The van der Waals surface area contributed by atoms with E-state index in [2.05, 4.69) is 16.7 Å². The second-order valence-corrected chi connectivity index (χ2v) is 9.31. The highest BCUT2D eigenvalue weighted by atomic mass is 16.2. The van der Waals surface area contributed by atoms with Crippen molar-refractivity contribution in [1.29, 1.82) is 5.26 Å². The Morgan fingerprint density at radius 3 is 2.33 bits per heavy atom. The molecule has 5 rings (SSSR count). The third-order valence-corrected chi connectivity index (χ3v) is 7.68. The number of carbonyl (C=O) groups is 3. The molecule has 5 aliphatic rings. The van der Waals surface area contributed by atoms with E-state index in [0.717, 1.165) is 51.4 Å². The molecule has 0 aliphatic heterocycles. The number of nitriles is 1. The SMILES string of the molecule is CC(=O)[C@@H](NC(=O)[C@H](CC1C2=C3CCCC(=C1C2)C3C#N)NC=O)C1CCCCC1. The van der Waals surface area contributed by atoms with E-state index in [-0.39, 0.29) is 29.4 Å². The van der Waals surface area contributed by atoms with Crippen LogP contribution in [0.2, 0.25) is 0 Å². The van der Waals surface area contributed by atoms with E-state index in [1.807, 2.05) is 0 Å². The molecule has 0 aromatic carbocycles. The van der Waals surface area contributed by atoms with Crippen LogP contribution >= 0.6 is 0 Å². The fourth-order valence-corrected chi connectivity index (χ4v) is 6.15. The number of nitrogens with zero attached hydrogens (tertiary/aromatic N) is 1. The van der Waals surface area contributed by atoms with Gasteiger partial charge in [0, 0.05) is 5.92 Å². The van der Waals surface area contributed by atoms with Crippen LogP contribution in [0.25, 0.3) is 0 Å². The Morgan fingerprint density at radius 1 is 1.10 bits per heavy atom. The highest BCUT2D eigenvalue weighted by Crippen LogP contribution is 2.57. The van der Waals surface area contributed by atoms with Crippen molar-refractivity contribution in [1.82, 2.24) is 10.6 Å². The van der Waals surface area contributed by atoms with E-state index >= 15 is 0 Å². The molecule has 0 unspecified atom stereocenters. The lowest BCUT2D eigenvalue weighted by Crippen LogP contribution is -2.53. The molecular formula is C24H31N3O3. The van der Waals surface area contributed by atoms with Gasteiger partial charge in [0.2, 0.25) is 12.3 Å². The molecule has 3 fully saturated rings. The summed E-state index contributed by atoms with van der Waals surface area (Å²) in [5, 5.41) is 15.2. The number of Topliss-reactive ketones (excluding diaryl/α,β-unsaturated/α-hetero) is 1. The molecule has 6 nitrogen and oxygen atoms in total. The standard InChI is InChI=1S/C24H31N3O3/c1-14(29)23(15-6-3-2-4-7-15)27-24(30)22(26-13-28)11-20-18-10-19(20)17-9-5-8-16(18)21(17)12-25/h13,15,20-23H,2-11H2,1H3,(H,26,28)(H,27,30)/t20?,21?,22-,23+/m0/s1. The Hall–Kier alpha value is -2.42. The molecule has 0 radical (unpaired) electrons. The van der Waals surface area contributed by atoms with Crippen LogP contribution in [0.1, 0.15) is 71.1 Å². The minimum atomic E-state index is -0.663. The molecular weight excluding hydrogens is 378 g/mol. The maximum absolute atomic E-state index is 13.1. The molecule has 0 aromatic rings. The van der Waals surface area contributed by atoms with Gasteiger partial charge >= 0.3 is 0 Å². The van der Waals surface area contributed by atoms with Crippen LogP contribution in [0, 0.1) is 29.1 Å². The lowest BCUT2D eigenvalue weighted by molar-refractivity contribution is -0.130. The van der Waals surface area contributed by atoms with Crippen molar-refractivity contribution in [3.05, 3.63) is 22.3 Å². The van der Waals surface area contributed by atoms with Gasteiger partial charge in [-0.15, -0.1) is 0 Å². The smallest absolute Gasteiger partial charge is 0.243 e. The second-order valence-electron chi connectivity index (χ2n) is 9.31. The van der Waals surface area contributed by atoms with Crippen LogP contribution < -0.4 is 10.6 Å². The minimum absolute atomic E-state index is 0.0122. The summed E-state index contributed by atoms with van der Waals surface area (Å²) in [4.78, 5) is 36.6. The van der Waals surface area contributed by atoms with E-state index in [1.54, 1.807) is 6.92 Å². The summed E-state index contributed by atoms with van der Waals surface area (Å²) >= 11 is 0. The Balaban J connectivity index is 1.48. The molecule has 30 heavy (non-hydrogen) atoms. The van der Waals surface area contributed by atoms with Crippen molar-refractivity contribution in [3.8, 4) is 6.07 Å². The van der Waals surface area contributed by atoms with Crippen molar-refractivity contribution in [2.24, 2.45) is 17.8 Å². The minimum Gasteiger partial charge on any atom is -0.347 e. The summed E-state index contributed by atoms with van der Waals surface area (Å²) in [5.41, 5.74) is 5.13. The van der Waals surface area contributed by atoms with Gasteiger partial charge < -0.3 is 10.6 Å². The van der Waals surface area contributed by atoms with E-state index in [4.69, 9.17) is 0 Å². The summed E-state index contributed by atoms with van der Waals surface area (Å²) in [6, 6.07) is 1.32. The topological polar surface area (TPSA) is 99.1 Å². The molecule has 0 heterocycles. The van der Waals surface area contributed by atoms with Gasteiger partial charge in [-0.05, 0) is 68.9 Å². The van der Waals surface area contributed by atoms with Crippen LogP contribution in [0.4, 0.5) is 0 Å². The largest absolute Gasteiger partial charge is 0.347 e. The van der Waals surface area contributed by atoms with Gasteiger partial charge in [0.25, 0.3) is 0 Å². The average Bonchev–Trinajstić information content (AvgIpc) is 2.73. The van der Waals surface area contributed by atoms with E-state index in [9.17, 15) is 19.6 Å². The lowest BCUT2D eigenvalue weighted by Gasteiger charge is -2.48. The molecule has 2 amide bonds. The van der Waals surface area contributed by atoms with Gasteiger partial charge in [-0.3, -0.25) is 14.4 Å². The zero-order chi connectivity index (χ0) is 21.3. The Kier molecular flexibility index (Phi) is 6.08. The molecule has 5 aliphatic carbocycles. The Morgan fingerprint density at radius 2 is 1.77 bits per heavy atom. The van der Waals surface area contributed by atoms with Crippen LogP contribution in [0.15, 0.2) is 22.3 Å².